The predicted octanol–water partition coefficient (Wildman–Crippen LogP) is 3.56. The number of anilines is 1. The summed E-state index contributed by atoms with van der Waals surface area (Å²) in [6.07, 6.45) is 0. The normalized spacial score (nSPS) is 10.3. The SMILES string of the molecule is CCSc1nnc(NC(=O)c2cccc(Cl)c2)s1. The van der Waals surface area contributed by atoms with E-state index in [4.69, 9.17) is 11.6 Å². The van der Waals surface area contributed by atoms with Crippen LogP contribution < -0.4 is 5.32 Å². The molecular weight excluding hydrogens is 290 g/mol. The quantitative estimate of drug-likeness (QED) is 0.693. The highest BCUT2D eigenvalue weighted by atomic mass is 35.5. The number of nitrogens with one attached hydrogen (secondary N) is 1. The number of benzene rings is 1. The van der Waals surface area contributed by atoms with Crippen molar-refractivity contribution < 1.29 is 4.79 Å². The summed E-state index contributed by atoms with van der Waals surface area (Å²) in [7, 11) is 0. The molecule has 94 valence electrons. The van der Waals surface area contributed by atoms with Gasteiger partial charge in [0, 0.05) is 10.6 Å². The van der Waals surface area contributed by atoms with Gasteiger partial charge in [-0.15, -0.1) is 10.2 Å². The number of hydrogen-bond acceptors (Lipinski definition) is 5. The summed E-state index contributed by atoms with van der Waals surface area (Å²) in [5.74, 6) is 0.693. The molecule has 4 nitrogen and oxygen atoms in total. The average Bonchev–Trinajstić information content (AvgIpc) is 2.77. The van der Waals surface area contributed by atoms with Gasteiger partial charge in [-0.05, 0) is 24.0 Å². The predicted molar refractivity (Wildman–Crippen MR) is 75.7 cm³/mol. The molecule has 0 radical (unpaired) electrons. The monoisotopic (exact) mass is 299 g/mol. The van der Waals surface area contributed by atoms with E-state index in [1.807, 2.05) is 6.92 Å². The van der Waals surface area contributed by atoms with Gasteiger partial charge < -0.3 is 0 Å². The van der Waals surface area contributed by atoms with Gasteiger partial charge in [-0.3, -0.25) is 10.1 Å². The van der Waals surface area contributed by atoms with E-state index >= 15 is 0 Å². The number of hydrogen-bond donors (Lipinski definition) is 1. The van der Waals surface area contributed by atoms with Gasteiger partial charge in [-0.25, -0.2) is 0 Å². The van der Waals surface area contributed by atoms with E-state index in [0.717, 1.165) is 10.1 Å². The molecular formula is C11H10ClN3OS2. The molecule has 0 bridgehead atoms. The Morgan fingerprint density at radius 3 is 3.06 bits per heavy atom. The van der Waals surface area contributed by atoms with E-state index in [1.165, 1.54) is 11.3 Å². The molecule has 1 aromatic carbocycles. The Morgan fingerprint density at radius 2 is 2.33 bits per heavy atom. The van der Waals surface area contributed by atoms with E-state index < -0.39 is 0 Å². The summed E-state index contributed by atoms with van der Waals surface area (Å²) in [6.45, 7) is 2.04. The van der Waals surface area contributed by atoms with Gasteiger partial charge in [0.25, 0.3) is 5.91 Å². The molecule has 2 aromatic rings. The Morgan fingerprint density at radius 1 is 1.50 bits per heavy atom. The molecule has 1 amide bonds. The van der Waals surface area contributed by atoms with Crippen LogP contribution in [0, 0.1) is 0 Å². The topological polar surface area (TPSA) is 54.9 Å². The van der Waals surface area contributed by atoms with Crippen molar-refractivity contribution in [2.45, 2.75) is 11.3 Å². The Labute approximate surface area is 118 Å². The number of nitrogens with zero attached hydrogens (tertiary/aromatic N) is 2. The molecule has 7 heteroatoms. The summed E-state index contributed by atoms with van der Waals surface area (Å²) in [4.78, 5) is 11.9. The van der Waals surface area contributed by atoms with Gasteiger partial charge in [0.2, 0.25) is 5.13 Å². The molecule has 18 heavy (non-hydrogen) atoms. The van der Waals surface area contributed by atoms with Crippen LogP contribution in [-0.2, 0) is 0 Å². The first-order valence-electron chi connectivity index (χ1n) is 5.22. The van der Waals surface area contributed by atoms with Crippen molar-refractivity contribution >= 4 is 45.7 Å². The molecule has 1 aromatic heterocycles. The molecule has 0 fully saturated rings. The molecule has 1 N–H and O–H groups in total. The Bertz CT molecular complexity index is 559. The first kappa shape index (κ1) is 13.3. The van der Waals surface area contributed by atoms with Crippen molar-refractivity contribution in [3.05, 3.63) is 34.9 Å². The van der Waals surface area contributed by atoms with Crippen LogP contribution in [0.15, 0.2) is 28.6 Å². The lowest BCUT2D eigenvalue weighted by atomic mass is 10.2. The van der Waals surface area contributed by atoms with Crippen LogP contribution >= 0.6 is 34.7 Å². The van der Waals surface area contributed by atoms with Crippen molar-refractivity contribution in [1.82, 2.24) is 10.2 Å². The minimum atomic E-state index is -0.235. The van der Waals surface area contributed by atoms with E-state index in [2.05, 4.69) is 15.5 Å². The van der Waals surface area contributed by atoms with Crippen LogP contribution in [0.4, 0.5) is 5.13 Å². The van der Waals surface area contributed by atoms with Crippen molar-refractivity contribution in [2.24, 2.45) is 0 Å². The third kappa shape index (κ3) is 3.44. The maximum atomic E-state index is 11.9. The smallest absolute Gasteiger partial charge is 0.257 e. The number of thioether (sulfide) groups is 1. The van der Waals surface area contributed by atoms with Gasteiger partial charge in [0.05, 0.1) is 0 Å². The van der Waals surface area contributed by atoms with Crippen LogP contribution in [0.2, 0.25) is 5.02 Å². The fourth-order valence-corrected chi connectivity index (χ4v) is 3.08. The zero-order valence-corrected chi connectivity index (χ0v) is 11.9. The van der Waals surface area contributed by atoms with E-state index in [1.54, 1.807) is 36.0 Å². The summed E-state index contributed by atoms with van der Waals surface area (Å²) >= 11 is 8.78. The highest BCUT2D eigenvalue weighted by molar-refractivity contribution is 8.01. The lowest BCUT2D eigenvalue weighted by molar-refractivity contribution is 0.102. The molecule has 2 rings (SSSR count). The molecule has 0 saturated heterocycles. The largest absolute Gasteiger partial charge is 0.296 e. The second kappa shape index (κ2) is 6.17. The minimum Gasteiger partial charge on any atom is -0.296 e. The third-order valence-electron chi connectivity index (χ3n) is 1.98. The number of carbonyl (C=O) groups excluding carboxylic acids is 1. The zero-order chi connectivity index (χ0) is 13.0. The van der Waals surface area contributed by atoms with Crippen molar-refractivity contribution in [3.8, 4) is 0 Å². The standard InChI is InChI=1S/C11H10ClN3OS2/c1-2-17-11-15-14-10(18-11)13-9(16)7-4-3-5-8(12)6-7/h3-6H,2H2,1H3,(H,13,14,16). The second-order valence-electron chi connectivity index (χ2n) is 3.27. The minimum absolute atomic E-state index is 0.235. The average molecular weight is 300 g/mol. The Balaban J connectivity index is 2.06. The lowest BCUT2D eigenvalue weighted by Crippen LogP contribution is -2.11. The van der Waals surface area contributed by atoms with Crippen molar-refractivity contribution in [3.63, 3.8) is 0 Å². The summed E-state index contributed by atoms with van der Waals surface area (Å²) in [6, 6.07) is 6.76. The molecule has 0 aliphatic carbocycles. The summed E-state index contributed by atoms with van der Waals surface area (Å²) in [5.41, 5.74) is 0.502. The molecule has 0 aliphatic heterocycles. The Hall–Kier alpha value is -1.11. The van der Waals surface area contributed by atoms with Gasteiger partial charge in [-0.2, -0.15) is 0 Å². The molecule has 0 saturated carbocycles. The van der Waals surface area contributed by atoms with Gasteiger partial charge in [0.15, 0.2) is 4.34 Å². The lowest BCUT2D eigenvalue weighted by Gasteiger charge is -2.00. The third-order valence-corrected chi connectivity index (χ3v) is 4.07. The number of rotatable bonds is 4. The summed E-state index contributed by atoms with van der Waals surface area (Å²) in [5, 5.41) is 11.6. The van der Waals surface area contributed by atoms with Gasteiger partial charge >= 0.3 is 0 Å². The van der Waals surface area contributed by atoms with Crippen LogP contribution in [0.1, 0.15) is 17.3 Å². The first-order chi connectivity index (χ1) is 8.69. The molecule has 0 atom stereocenters. The fraction of sp³-hybridized carbons (Fsp3) is 0.182. The molecule has 1 heterocycles. The second-order valence-corrected chi connectivity index (χ2v) is 6.20. The highest BCUT2D eigenvalue weighted by Gasteiger charge is 2.10. The number of aromatic nitrogens is 2. The van der Waals surface area contributed by atoms with E-state index in [9.17, 15) is 4.79 Å². The summed E-state index contributed by atoms with van der Waals surface area (Å²) < 4.78 is 0.846. The van der Waals surface area contributed by atoms with Gasteiger partial charge in [0.1, 0.15) is 0 Å². The van der Waals surface area contributed by atoms with Crippen molar-refractivity contribution in [1.29, 1.82) is 0 Å². The van der Waals surface area contributed by atoms with Crippen LogP contribution in [0.25, 0.3) is 0 Å². The zero-order valence-electron chi connectivity index (χ0n) is 9.51. The maximum absolute atomic E-state index is 11.9. The number of amides is 1. The first-order valence-corrected chi connectivity index (χ1v) is 7.40. The Kier molecular flexibility index (Phi) is 4.57. The van der Waals surface area contributed by atoms with Crippen molar-refractivity contribution in [2.75, 3.05) is 11.1 Å². The van der Waals surface area contributed by atoms with E-state index in [0.29, 0.717) is 15.7 Å². The molecule has 0 aliphatic rings. The van der Waals surface area contributed by atoms with Crippen LogP contribution in [0.3, 0.4) is 0 Å². The van der Waals surface area contributed by atoms with E-state index in [-0.39, 0.29) is 5.91 Å². The molecule has 0 unspecified atom stereocenters. The fourth-order valence-electron chi connectivity index (χ4n) is 1.24. The molecule has 0 spiro atoms. The van der Waals surface area contributed by atoms with Crippen LogP contribution in [-0.4, -0.2) is 21.9 Å². The van der Waals surface area contributed by atoms with Gasteiger partial charge in [-0.1, -0.05) is 47.7 Å². The van der Waals surface area contributed by atoms with Crippen LogP contribution in [0.5, 0.6) is 0 Å². The highest BCUT2D eigenvalue weighted by Crippen LogP contribution is 2.25. The maximum Gasteiger partial charge on any atom is 0.257 e. The number of halogens is 1. The number of carbonyl (C=O) groups is 1.